The van der Waals surface area contributed by atoms with E-state index in [-0.39, 0.29) is 0 Å². The van der Waals surface area contributed by atoms with E-state index in [0.717, 1.165) is 51.9 Å². The summed E-state index contributed by atoms with van der Waals surface area (Å²) in [5, 5.41) is 12.7. The van der Waals surface area contributed by atoms with Gasteiger partial charge in [0.05, 0.1) is 6.61 Å². The zero-order valence-electron chi connectivity index (χ0n) is 12.7. The van der Waals surface area contributed by atoms with Crippen LogP contribution in [0.1, 0.15) is 45.4 Å². The molecule has 0 aromatic heterocycles. The third-order valence-corrected chi connectivity index (χ3v) is 4.54. The minimum atomic E-state index is -0.754. The zero-order chi connectivity index (χ0) is 14.6. The van der Waals surface area contributed by atoms with E-state index in [1.807, 2.05) is 6.92 Å². The van der Waals surface area contributed by atoms with Crippen molar-refractivity contribution in [3.8, 4) is 0 Å². The van der Waals surface area contributed by atoms with Crippen LogP contribution in [0.15, 0.2) is 0 Å². The Morgan fingerprint density at radius 1 is 1.40 bits per heavy atom. The highest BCUT2D eigenvalue weighted by atomic mass is 16.5. The number of hydrogen-bond donors (Lipinski definition) is 2. The fraction of sp³-hybridized carbons (Fsp3) is 0.933. The second kappa shape index (κ2) is 6.87. The maximum Gasteiger partial charge on any atom is 0.323 e. The SMILES string of the molecule is CN(CCCCC(C)(NC1CC1)C(=O)O)C1CCOC1. The van der Waals surface area contributed by atoms with E-state index in [1.54, 1.807) is 0 Å². The van der Waals surface area contributed by atoms with Crippen LogP contribution < -0.4 is 5.32 Å². The van der Waals surface area contributed by atoms with Crippen LogP contribution in [0.4, 0.5) is 0 Å². The maximum absolute atomic E-state index is 11.4. The number of nitrogens with one attached hydrogen (secondary N) is 1. The molecule has 5 nitrogen and oxygen atoms in total. The number of ether oxygens (including phenoxy) is 1. The Labute approximate surface area is 121 Å². The molecule has 0 aromatic carbocycles. The Bertz CT molecular complexity index is 327. The summed E-state index contributed by atoms with van der Waals surface area (Å²) in [6.45, 7) is 4.55. The average Bonchev–Trinajstić information content (AvgIpc) is 3.04. The minimum Gasteiger partial charge on any atom is -0.480 e. The first-order chi connectivity index (χ1) is 9.51. The number of carbonyl (C=O) groups is 1. The predicted octanol–water partition coefficient (Wildman–Crippen LogP) is 1.47. The summed E-state index contributed by atoms with van der Waals surface area (Å²) < 4.78 is 5.39. The highest BCUT2D eigenvalue weighted by molar-refractivity contribution is 5.78. The van der Waals surface area contributed by atoms with Gasteiger partial charge < -0.3 is 14.7 Å². The molecule has 2 rings (SSSR count). The van der Waals surface area contributed by atoms with E-state index in [2.05, 4.69) is 17.3 Å². The van der Waals surface area contributed by atoms with Crippen molar-refractivity contribution in [2.45, 2.75) is 63.1 Å². The molecule has 2 unspecified atom stereocenters. The lowest BCUT2D eigenvalue weighted by Crippen LogP contribution is -2.50. The Morgan fingerprint density at radius 2 is 2.15 bits per heavy atom. The molecule has 1 saturated heterocycles. The molecular formula is C15H28N2O3. The highest BCUT2D eigenvalue weighted by Gasteiger charge is 2.37. The fourth-order valence-electron chi connectivity index (χ4n) is 2.81. The van der Waals surface area contributed by atoms with Gasteiger partial charge in [0, 0.05) is 18.7 Å². The summed E-state index contributed by atoms with van der Waals surface area (Å²) in [5.41, 5.74) is -0.754. The van der Waals surface area contributed by atoms with Gasteiger partial charge in [0.25, 0.3) is 0 Å². The van der Waals surface area contributed by atoms with E-state index in [1.165, 1.54) is 0 Å². The van der Waals surface area contributed by atoms with E-state index < -0.39 is 11.5 Å². The van der Waals surface area contributed by atoms with Gasteiger partial charge in [-0.15, -0.1) is 0 Å². The molecule has 1 saturated carbocycles. The van der Waals surface area contributed by atoms with Crippen LogP contribution in [0.3, 0.4) is 0 Å². The first-order valence-corrected chi connectivity index (χ1v) is 7.80. The largest absolute Gasteiger partial charge is 0.480 e. The second-order valence-corrected chi connectivity index (χ2v) is 6.51. The molecule has 0 spiro atoms. The molecule has 0 aromatic rings. The maximum atomic E-state index is 11.4. The Kier molecular flexibility index (Phi) is 5.41. The van der Waals surface area contributed by atoms with Gasteiger partial charge >= 0.3 is 5.97 Å². The number of aliphatic carboxylic acids is 1. The molecule has 0 amide bonds. The van der Waals surface area contributed by atoms with Crippen LogP contribution in [0, 0.1) is 0 Å². The summed E-state index contributed by atoms with van der Waals surface area (Å²) in [5.74, 6) is -0.720. The van der Waals surface area contributed by atoms with E-state index >= 15 is 0 Å². The smallest absolute Gasteiger partial charge is 0.323 e. The monoisotopic (exact) mass is 284 g/mol. The Morgan fingerprint density at radius 3 is 2.70 bits per heavy atom. The van der Waals surface area contributed by atoms with Crippen LogP contribution in [0.5, 0.6) is 0 Å². The molecule has 0 bridgehead atoms. The first kappa shape index (κ1) is 15.7. The molecule has 2 atom stereocenters. The van der Waals surface area contributed by atoms with Gasteiger partial charge in [-0.3, -0.25) is 10.1 Å². The normalized spacial score (nSPS) is 25.9. The minimum absolute atomic E-state index is 0.425. The first-order valence-electron chi connectivity index (χ1n) is 7.80. The summed E-state index contributed by atoms with van der Waals surface area (Å²) in [7, 11) is 2.14. The molecule has 0 radical (unpaired) electrons. The molecule has 2 N–H and O–H groups in total. The van der Waals surface area contributed by atoms with Gasteiger partial charge in [0.15, 0.2) is 0 Å². The highest BCUT2D eigenvalue weighted by Crippen LogP contribution is 2.25. The van der Waals surface area contributed by atoms with Crippen molar-refractivity contribution < 1.29 is 14.6 Å². The third kappa shape index (κ3) is 4.43. The van der Waals surface area contributed by atoms with E-state index in [4.69, 9.17) is 4.74 Å². The lowest BCUT2D eigenvalue weighted by Gasteiger charge is -2.27. The lowest BCUT2D eigenvalue weighted by atomic mass is 9.94. The van der Waals surface area contributed by atoms with Crippen molar-refractivity contribution in [3.63, 3.8) is 0 Å². The van der Waals surface area contributed by atoms with Crippen molar-refractivity contribution in [1.82, 2.24) is 10.2 Å². The molecule has 20 heavy (non-hydrogen) atoms. The fourth-order valence-corrected chi connectivity index (χ4v) is 2.81. The topological polar surface area (TPSA) is 61.8 Å². The summed E-state index contributed by atoms with van der Waals surface area (Å²) in [6, 6.07) is 0.972. The van der Waals surface area contributed by atoms with Crippen molar-refractivity contribution >= 4 is 5.97 Å². The van der Waals surface area contributed by atoms with Crippen molar-refractivity contribution in [1.29, 1.82) is 0 Å². The number of unbranched alkanes of at least 4 members (excludes halogenated alkanes) is 1. The average molecular weight is 284 g/mol. The number of nitrogens with zero attached hydrogens (tertiary/aromatic N) is 1. The van der Waals surface area contributed by atoms with Gasteiger partial charge in [-0.25, -0.2) is 0 Å². The summed E-state index contributed by atoms with van der Waals surface area (Å²) in [6.07, 6.45) is 6.05. The lowest BCUT2D eigenvalue weighted by molar-refractivity contribution is -0.144. The number of likely N-dealkylation sites (N-methyl/N-ethyl adjacent to an activating group) is 1. The van der Waals surface area contributed by atoms with Crippen LogP contribution in [-0.2, 0) is 9.53 Å². The van der Waals surface area contributed by atoms with Gasteiger partial charge in [0.2, 0.25) is 0 Å². The standard InChI is InChI=1S/C15H28N2O3/c1-15(14(18)19,16-12-5-6-12)8-3-4-9-17(2)13-7-10-20-11-13/h12-13,16H,3-11H2,1-2H3,(H,18,19). The van der Waals surface area contributed by atoms with Gasteiger partial charge in [0.1, 0.15) is 5.54 Å². The van der Waals surface area contributed by atoms with Crippen LogP contribution in [-0.4, -0.2) is 60.4 Å². The number of carboxylic acids is 1. The Balaban J connectivity index is 1.66. The van der Waals surface area contributed by atoms with E-state index in [9.17, 15) is 9.90 Å². The molecule has 1 aliphatic carbocycles. The number of carboxylic acid groups (broad SMARTS) is 1. The summed E-state index contributed by atoms with van der Waals surface area (Å²) in [4.78, 5) is 13.8. The molecular weight excluding hydrogens is 256 g/mol. The molecule has 5 heteroatoms. The van der Waals surface area contributed by atoms with Gasteiger partial charge in [-0.05, 0) is 59.0 Å². The Hall–Kier alpha value is -0.650. The third-order valence-electron chi connectivity index (χ3n) is 4.54. The van der Waals surface area contributed by atoms with Gasteiger partial charge in [-0.1, -0.05) is 0 Å². The van der Waals surface area contributed by atoms with Crippen molar-refractivity contribution in [3.05, 3.63) is 0 Å². The van der Waals surface area contributed by atoms with E-state index in [0.29, 0.717) is 18.5 Å². The molecule has 1 aliphatic heterocycles. The summed E-state index contributed by atoms with van der Waals surface area (Å²) >= 11 is 0. The number of hydrogen-bond acceptors (Lipinski definition) is 4. The van der Waals surface area contributed by atoms with Crippen molar-refractivity contribution in [2.24, 2.45) is 0 Å². The van der Waals surface area contributed by atoms with Crippen LogP contribution in [0.25, 0.3) is 0 Å². The van der Waals surface area contributed by atoms with Crippen LogP contribution in [0.2, 0.25) is 0 Å². The van der Waals surface area contributed by atoms with Crippen LogP contribution >= 0.6 is 0 Å². The molecule has 116 valence electrons. The van der Waals surface area contributed by atoms with Crippen molar-refractivity contribution in [2.75, 3.05) is 26.8 Å². The second-order valence-electron chi connectivity index (χ2n) is 6.51. The molecule has 2 aliphatic rings. The quantitative estimate of drug-likeness (QED) is 0.628. The number of rotatable bonds is 9. The van der Waals surface area contributed by atoms with Gasteiger partial charge in [-0.2, -0.15) is 0 Å². The predicted molar refractivity (Wildman–Crippen MR) is 77.9 cm³/mol. The molecule has 2 fully saturated rings. The zero-order valence-corrected chi connectivity index (χ0v) is 12.7. The molecule has 1 heterocycles.